The van der Waals surface area contributed by atoms with E-state index in [1.807, 2.05) is 36.5 Å². The topological polar surface area (TPSA) is 83.1 Å². The van der Waals surface area contributed by atoms with Gasteiger partial charge in [0, 0.05) is 41.0 Å². The van der Waals surface area contributed by atoms with Crippen LogP contribution in [0.2, 0.25) is 0 Å². The second-order valence-corrected chi connectivity index (χ2v) is 9.20. The van der Waals surface area contributed by atoms with E-state index in [1.54, 1.807) is 25.6 Å². The molecule has 0 amide bonds. The number of aromatic nitrogens is 3. The van der Waals surface area contributed by atoms with E-state index in [-0.39, 0.29) is 10.6 Å². The van der Waals surface area contributed by atoms with Crippen molar-refractivity contribution < 1.29 is 9.66 Å². The Labute approximate surface area is 208 Å². The normalized spacial score (nSPS) is 13.1. The first-order valence-electron chi connectivity index (χ1n) is 11.9. The highest BCUT2D eigenvalue weighted by Gasteiger charge is 2.23. The summed E-state index contributed by atoms with van der Waals surface area (Å²) in [4.78, 5) is 20.1. The monoisotopic (exact) mass is 476 g/mol. The Morgan fingerprint density at radius 1 is 0.972 bits per heavy atom. The van der Waals surface area contributed by atoms with Crippen LogP contribution in [0.25, 0.3) is 39.0 Å². The van der Waals surface area contributed by atoms with Crippen LogP contribution in [-0.2, 0) is 6.42 Å². The highest BCUT2D eigenvalue weighted by atomic mass is 16.6. The van der Waals surface area contributed by atoms with Gasteiger partial charge in [-0.25, -0.2) is 9.97 Å². The van der Waals surface area contributed by atoms with Crippen LogP contribution in [0.4, 0.5) is 5.69 Å². The number of non-ortho nitro benzene ring substituents is 1. The summed E-state index contributed by atoms with van der Waals surface area (Å²) in [7, 11) is 1.66. The van der Waals surface area contributed by atoms with Gasteiger partial charge in [0.2, 0.25) is 0 Å². The van der Waals surface area contributed by atoms with E-state index in [0.717, 1.165) is 62.8 Å². The number of nitro groups is 1. The summed E-state index contributed by atoms with van der Waals surface area (Å²) >= 11 is 0. The number of fused-ring (bicyclic) bond motifs is 1. The standard InChI is InChI=1S/C29H24N4O3/c1-36-25-10-7-20(8-11-25)21-9-12-26-27(22-3-2-4-24(14-22)33(34)35)17-32(28(26)15-21)29-16-23(30-18-31-29)13-19-5-6-19/h2-4,7-12,14-19H,5-6,13H2,1H3. The van der Waals surface area contributed by atoms with Crippen LogP contribution in [-0.4, -0.2) is 26.6 Å². The number of ether oxygens (including phenoxy) is 1. The minimum Gasteiger partial charge on any atom is -0.497 e. The molecule has 0 radical (unpaired) electrons. The van der Waals surface area contributed by atoms with Gasteiger partial charge in [-0.05, 0) is 60.1 Å². The molecule has 0 aliphatic heterocycles. The molecule has 7 nitrogen and oxygen atoms in total. The van der Waals surface area contributed by atoms with Crippen molar-refractivity contribution in [1.82, 2.24) is 14.5 Å². The van der Waals surface area contributed by atoms with Crippen LogP contribution >= 0.6 is 0 Å². The molecule has 0 unspecified atom stereocenters. The minimum absolute atomic E-state index is 0.0667. The summed E-state index contributed by atoms with van der Waals surface area (Å²) < 4.78 is 7.37. The average Bonchev–Trinajstić information content (AvgIpc) is 3.65. The molecule has 1 fully saturated rings. The van der Waals surface area contributed by atoms with Gasteiger partial charge in [-0.3, -0.25) is 10.1 Å². The zero-order valence-electron chi connectivity index (χ0n) is 19.8. The lowest BCUT2D eigenvalue weighted by molar-refractivity contribution is -0.384. The van der Waals surface area contributed by atoms with Crippen molar-refractivity contribution in [3.05, 3.63) is 101 Å². The van der Waals surface area contributed by atoms with Crippen molar-refractivity contribution in [2.75, 3.05) is 7.11 Å². The number of nitrogens with zero attached hydrogens (tertiary/aromatic N) is 4. The third-order valence-electron chi connectivity index (χ3n) is 6.75. The molecule has 6 rings (SSSR count). The summed E-state index contributed by atoms with van der Waals surface area (Å²) in [5, 5.41) is 12.4. The molecule has 0 saturated heterocycles. The number of hydrogen-bond acceptors (Lipinski definition) is 5. The maximum atomic E-state index is 11.4. The van der Waals surface area contributed by atoms with Crippen molar-refractivity contribution in [2.45, 2.75) is 19.3 Å². The third kappa shape index (κ3) is 4.20. The van der Waals surface area contributed by atoms with Gasteiger partial charge in [0.1, 0.15) is 17.9 Å². The lowest BCUT2D eigenvalue weighted by atomic mass is 10.0. The van der Waals surface area contributed by atoms with Crippen LogP contribution in [0.1, 0.15) is 18.5 Å². The first-order chi connectivity index (χ1) is 17.6. The Balaban J connectivity index is 1.52. The second-order valence-electron chi connectivity index (χ2n) is 9.20. The number of hydrogen-bond donors (Lipinski definition) is 0. The van der Waals surface area contributed by atoms with E-state index in [2.05, 4.69) is 38.8 Å². The second kappa shape index (κ2) is 8.92. The van der Waals surface area contributed by atoms with Crippen LogP contribution in [0.5, 0.6) is 5.75 Å². The molecule has 1 aliphatic rings. The molecule has 178 valence electrons. The van der Waals surface area contributed by atoms with Crippen molar-refractivity contribution >= 4 is 16.6 Å². The summed E-state index contributed by atoms with van der Waals surface area (Å²) in [6, 6.07) is 23.1. The molecule has 0 bridgehead atoms. The minimum atomic E-state index is -0.362. The molecular weight excluding hydrogens is 452 g/mol. The molecule has 2 heterocycles. The first kappa shape index (κ1) is 22.0. The third-order valence-corrected chi connectivity index (χ3v) is 6.75. The van der Waals surface area contributed by atoms with E-state index in [0.29, 0.717) is 0 Å². The molecule has 36 heavy (non-hydrogen) atoms. The lowest BCUT2D eigenvalue weighted by Crippen LogP contribution is -2.00. The Kier molecular flexibility index (Phi) is 5.45. The first-order valence-corrected chi connectivity index (χ1v) is 11.9. The number of rotatable bonds is 7. The van der Waals surface area contributed by atoms with E-state index in [1.165, 1.54) is 18.9 Å². The number of methoxy groups -OCH3 is 1. The molecule has 1 aliphatic carbocycles. The Morgan fingerprint density at radius 2 is 1.78 bits per heavy atom. The van der Waals surface area contributed by atoms with Crippen molar-refractivity contribution in [3.63, 3.8) is 0 Å². The van der Waals surface area contributed by atoms with Crippen molar-refractivity contribution in [3.8, 4) is 33.8 Å². The van der Waals surface area contributed by atoms with Crippen LogP contribution in [0.3, 0.4) is 0 Å². The zero-order valence-corrected chi connectivity index (χ0v) is 19.8. The highest BCUT2D eigenvalue weighted by Crippen LogP contribution is 2.37. The molecule has 0 spiro atoms. The fraction of sp³-hybridized carbons (Fsp3) is 0.172. The molecular formula is C29H24N4O3. The lowest BCUT2D eigenvalue weighted by Gasteiger charge is -2.08. The average molecular weight is 477 g/mol. The fourth-order valence-electron chi connectivity index (χ4n) is 4.64. The largest absolute Gasteiger partial charge is 0.497 e. The van der Waals surface area contributed by atoms with Gasteiger partial charge in [-0.15, -0.1) is 0 Å². The quantitative estimate of drug-likeness (QED) is 0.195. The van der Waals surface area contributed by atoms with E-state index in [9.17, 15) is 10.1 Å². The van der Waals surface area contributed by atoms with Crippen LogP contribution in [0, 0.1) is 16.0 Å². The van der Waals surface area contributed by atoms with E-state index in [4.69, 9.17) is 4.74 Å². The van der Waals surface area contributed by atoms with Gasteiger partial charge < -0.3 is 9.30 Å². The molecule has 7 heteroatoms. The number of benzene rings is 3. The van der Waals surface area contributed by atoms with Crippen LogP contribution in [0.15, 0.2) is 85.3 Å². The van der Waals surface area contributed by atoms with E-state index >= 15 is 0 Å². The summed E-state index contributed by atoms with van der Waals surface area (Å²) in [6.07, 6.45) is 7.12. The van der Waals surface area contributed by atoms with Crippen molar-refractivity contribution in [2.24, 2.45) is 5.92 Å². The van der Waals surface area contributed by atoms with Gasteiger partial charge >= 0.3 is 0 Å². The maximum absolute atomic E-state index is 11.4. The summed E-state index contributed by atoms with van der Waals surface area (Å²) in [5.74, 6) is 2.31. The van der Waals surface area contributed by atoms with Crippen molar-refractivity contribution in [1.29, 1.82) is 0 Å². The molecule has 0 atom stereocenters. The molecule has 0 N–H and O–H groups in total. The van der Waals surface area contributed by atoms with Gasteiger partial charge in [0.15, 0.2) is 0 Å². The van der Waals surface area contributed by atoms with Crippen LogP contribution < -0.4 is 4.74 Å². The fourth-order valence-corrected chi connectivity index (χ4v) is 4.64. The predicted octanol–water partition coefficient (Wildman–Crippen LogP) is 6.62. The molecule has 3 aromatic carbocycles. The van der Waals surface area contributed by atoms with Gasteiger partial charge in [0.25, 0.3) is 5.69 Å². The predicted molar refractivity (Wildman–Crippen MR) is 139 cm³/mol. The smallest absolute Gasteiger partial charge is 0.270 e. The van der Waals surface area contributed by atoms with Gasteiger partial charge in [-0.2, -0.15) is 0 Å². The Hall–Kier alpha value is -4.52. The molecule has 2 aromatic heterocycles. The van der Waals surface area contributed by atoms with Gasteiger partial charge in [0.05, 0.1) is 17.5 Å². The van der Waals surface area contributed by atoms with Gasteiger partial charge in [-0.1, -0.05) is 36.4 Å². The zero-order chi connectivity index (χ0) is 24.6. The number of nitro benzene ring substituents is 1. The maximum Gasteiger partial charge on any atom is 0.270 e. The van der Waals surface area contributed by atoms with E-state index < -0.39 is 0 Å². The Bertz CT molecular complexity index is 1590. The SMILES string of the molecule is COc1ccc(-c2ccc3c(-c4cccc([N+](=O)[O-])c4)cn(-c4cc(CC5CC5)ncn4)c3c2)cc1. The molecule has 5 aromatic rings. The Morgan fingerprint density at radius 3 is 2.53 bits per heavy atom. The molecule has 1 saturated carbocycles. The summed E-state index contributed by atoms with van der Waals surface area (Å²) in [5.41, 5.74) is 5.90. The summed E-state index contributed by atoms with van der Waals surface area (Å²) in [6.45, 7) is 0. The highest BCUT2D eigenvalue weighted by molar-refractivity contribution is 5.99.